The van der Waals surface area contributed by atoms with Crippen LogP contribution in [0, 0.1) is 6.92 Å². The van der Waals surface area contributed by atoms with Crippen molar-refractivity contribution in [3.8, 4) is 0 Å². The summed E-state index contributed by atoms with van der Waals surface area (Å²) in [5, 5.41) is 0. The fourth-order valence-corrected chi connectivity index (χ4v) is 5.74. The highest BCUT2D eigenvalue weighted by molar-refractivity contribution is 6.07. The third kappa shape index (κ3) is 4.40. The molecular weight excluding hydrogens is 468 g/mol. The van der Waals surface area contributed by atoms with E-state index in [1.165, 1.54) is 24.0 Å². The first-order valence-corrected chi connectivity index (χ1v) is 13.4. The van der Waals surface area contributed by atoms with Crippen LogP contribution in [-0.4, -0.2) is 85.5 Å². The Labute approximate surface area is 217 Å². The minimum atomic E-state index is -0.125. The van der Waals surface area contributed by atoms with E-state index in [-0.39, 0.29) is 17.8 Å². The van der Waals surface area contributed by atoms with Crippen LogP contribution in [0.25, 0.3) is 0 Å². The summed E-state index contributed by atoms with van der Waals surface area (Å²) in [7, 11) is 1.77. The van der Waals surface area contributed by atoms with Crippen LogP contribution in [0.3, 0.4) is 0 Å². The molecule has 1 aromatic heterocycles. The van der Waals surface area contributed by atoms with E-state index in [1.54, 1.807) is 27.8 Å². The van der Waals surface area contributed by atoms with Gasteiger partial charge in [-0.2, -0.15) is 0 Å². The Bertz CT molecular complexity index is 1250. The lowest BCUT2D eigenvalue weighted by Gasteiger charge is -2.36. The first kappa shape index (κ1) is 23.8. The van der Waals surface area contributed by atoms with Crippen molar-refractivity contribution < 1.29 is 14.4 Å². The van der Waals surface area contributed by atoms with Gasteiger partial charge in [0.15, 0.2) is 0 Å². The highest BCUT2D eigenvalue weighted by atomic mass is 16.2. The van der Waals surface area contributed by atoms with Crippen LogP contribution < -0.4 is 14.7 Å². The Morgan fingerprint density at radius 2 is 1.73 bits per heavy atom. The first-order valence-electron chi connectivity index (χ1n) is 13.4. The molecule has 2 aromatic rings. The Hall–Kier alpha value is -3.62. The van der Waals surface area contributed by atoms with E-state index >= 15 is 0 Å². The number of pyridine rings is 1. The summed E-state index contributed by atoms with van der Waals surface area (Å²) in [6.07, 6.45) is 5.89. The molecule has 4 aliphatic rings. The molecule has 37 heavy (non-hydrogen) atoms. The van der Waals surface area contributed by atoms with Crippen LogP contribution in [0.2, 0.25) is 0 Å². The standard InChI is InChI=1S/C28H34N6O3/c1-19-16-21(20-5-6-20)18-29-26(19)31-11-13-32(14-12-31)27(36)23-8-7-22(33-9-3-4-25(33)35)17-24(23)34-15-10-30(2)28(34)37/h7-8,16-18,20H,3-6,9-15H2,1-2H3. The number of benzene rings is 1. The van der Waals surface area contributed by atoms with Gasteiger partial charge in [-0.15, -0.1) is 0 Å². The summed E-state index contributed by atoms with van der Waals surface area (Å²) in [6, 6.07) is 7.62. The van der Waals surface area contributed by atoms with Crippen LogP contribution in [0.4, 0.5) is 22.0 Å². The average Bonchev–Trinajstić information content (AvgIpc) is 3.60. The zero-order valence-corrected chi connectivity index (χ0v) is 21.7. The number of amides is 4. The van der Waals surface area contributed by atoms with Crippen molar-refractivity contribution in [3.05, 3.63) is 47.2 Å². The van der Waals surface area contributed by atoms with Gasteiger partial charge in [-0.1, -0.05) is 6.07 Å². The van der Waals surface area contributed by atoms with E-state index in [4.69, 9.17) is 4.98 Å². The summed E-state index contributed by atoms with van der Waals surface area (Å²) < 4.78 is 0. The minimum Gasteiger partial charge on any atom is -0.353 e. The number of likely N-dealkylation sites (N-methyl/N-ethyl adjacent to an activating group) is 1. The SMILES string of the molecule is Cc1cc(C2CC2)cnc1N1CCN(C(=O)c2ccc(N3CCCC3=O)cc2N2CCN(C)C2=O)CC1. The fourth-order valence-electron chi connectivity index (χ4n) is 5.74. The number of carbonyl (C=O) groups is 3. The molecule has 4 amide bonds. The number of anilines is 3. The van der Waals surface area contributed by atoms with Gasteiger partial charge < -0.3 is 19.6 Å². The molecule has 9 heteroatoms. The van der Waals surface area contributed by atoms with Crippen molar-refractivity contribution in [1.29, 1.82) is 0 Å². The molecule has 0 spiro atoms. The van der Waals surface area contributed by atoms with Crippen LogP contribution in [-0.2, 0) is 4.79 Å². The van der Waals surface area contributed by atoms with E-state index < -0.39 is 0 Å². The van der Waals surface area contributed by atoms with Crippen molar-refractivity contribution >= 4 is 35.0 Å². The zero-order valence-electron chi connectivity index (χ0n) is 21.7. The lowest BCUT2D eigenvalue weighted by atomic mass is 10.1. The topological polar surface area (TPSA) is 80.3 Å². The maximum absolute atomic E-state index is 13.8. The molecule has 3 aliphatic heterocycles. The van der Waals surface area contributed by atoms with Gasteiger partial charge in [0, 0.05) is 71.2 Å². The molecule has 3 saturated heterocycles. The normalized spacial score (nSPS) is 20.4. The van der Waals surface area contributed by atoms with E-state index in [9.17, 15) is 14.4 Å². The van der Waals surface area contributed by atoms with Gasteiger partial charge in [-0.25, -0.2) is 9.78 Å². The van der Waals surface area contributed by atoms with E-state index in [0.29, 0.717) is 69.4 Å². The van der Waals surface area contributed by atoms with E-state index in [0.717, 1.165) is 17.9 Å². The van der Waals surface area contributed by atoms with Crippen LogP contribution in [0.5, 0.6) is 0 Å². The molecule has 9 nitrogen and oxygen atoms in total. The number of nitrogens with zero attached hydrogens (tertiary/aromatic N) is 6. The number of hydrogen-bond acceptors (Lipinski definition) is 5. The molecule has 194 valence electrons. The van der Waals surface area contributed by atoms with Crippen molar-refractivity contribution in [2.24, 2.45) is 0 Å². The summed E-state index contributed by atoms with van der Waals surface area (Å²) in [5.74, 6) is 1.69. The number of carbonyl (C=O) groups excluding carboxylic acids is 3. The molecule has 4 heterocycles. The number of aryl methyl sites for hydroxylation is 1. The van der Waals surface area contributed by atoms with Gasteiger partial charge in [0.1, 0.15) is 5.82 Å². The molecule has 6 rings (SSSR count). The fraction of sp³-hybridized carbons (Fsp3) is 0.500. The summed E-state index contributed by atoms with van der Waals surface area (Å²) in [6.45, 7) is 6.50. The van der Waals surface area contributed by atoms with Gasteiger partial charge >= 0.3 is 6.03 Å². The average molecular weight is 503 g/mol. The van der Waals surface area contributed by atoms with Crippen molar-refractivity contribution in [2.45, 2.75) is 38.5 Å². The number of urea groups is 1. The molecule has 1 aromatic carbocycles. The highest BCUT2D eigenvalue weighted by Gasteiger charge is 2.33. The summed E-state index contributed by atoms with van der Waals surface area (Å²) in [5.41, 5.74) is 4.37. The lowest BCUT2D eigenvalue weighted by molar-refractivity contribution is -0.117. The van der Waals surface area contributed by atoms with Gasteiger partial charge in [0.05, 0.1) is 11.3 Å². The lowest BCUT2D eigenvalue weighted by Crippen LogP contribution is -2.49. The smallest absolute Gasteiger partial charge is 0.324 e. The maximum atomic E-state index is 13.8. The molecule has 1 aliphatic carbocycles. The van der Waals surface area contributed by atoms with Crippen LogP contribution in [0.1, 0.15) is 53.1 Å². The number of aromatic nitrogens is 1. The number of hydrogen-bond donors (Lipinski definition) is 0. The van der Waals surface area contributed by atoms with Crippen molar-refractivity contribution in [1.82, 2.24) is 14.8 Å². The zero-order chi connectivity index (χ0) is 25.7. The Morgan fingerprint density at radius 1 is 0.946 bits per heavy atom. The minimum absolute atomic E-state index is 0.0786. The molecule has 0 unspecified atom stereocenters. The molecular formula is C28H34N6O3. The predicted octanol–water partition coefficient (Wildman–Crippen LogP) is 3.23. The molecule has 0 atom stereocenters. The van der Waals surface area contributed by atoms with Gasteiger partial charge in [0.2, 0.25) is 5.91 Å². The van der Waals surface area contributed by atoms with Crippen molar-refractivity contribution in [3.63, 3.8) is 0 Å². The Balaban J connectivity index is 1.22. The first-order chi connectivity index (χ1) is 17.9. The molecule has 0 bridgehead atoms. The van der Waals surface area contributed by atoms with Crippen LogP contribution in [0.15, 0.2) is 30.5 Å². The van der Waals surface area contributed by atoms with E-state index in [2.05, 4.69) is 17.9 Å². The number of piperazine rings is 1. The second-order valence-electron chi connectivity index (χ2n) is 10.7. The molecule has 4 fully saturated rings. The third-order valence-corrected chi connectivity index (χ3v) is 8.09. The van der Waals surface area contributed by atoms with Crippen molar-refractivity contribution in [2.75, 3.05) is 67.6 Å². The van der Waals surface area contributed by atoms with Gasteiger partial charge in [0.25, 0.3) is 5.91 Å². The van der Waals surface area contributed by atoms with Gasteiger partial charge in [-0.05, 0) is 61.4 Å². The third-order valence-electron chi connectivity index (χ3n) is 8.09. The Morgan fingerprint density at radius 3 is 2.35 bits per heavy atom. The predicted molar refractivity (Wildman–Crippen MR) is 142 cm³/mol. The maximum Gasteiger partial charge on any atom is 0.324 e. The highest BCUT2D eigenvalue weighted by Crippen LogP contribution is 2.40. The number of rotatable bonds is 5. The quantitative estimate of drug-likeness (QED) is 0.627. The largest absolute Gasteiger partial charge is 0.353 e. The summed E-state index contributed by atoms with van der Waals surface area (Å²) in [4.78, 5) is 53.0. The second kappa shape index (κ2) is 9.36. The monoisotopic (exact) mass is 502 g/mol. The van der Waals surface area contributed by atoms with E-state index in [1.807, 2.05) is 23.2 Å². The van der Waals surface area contributed by atoms with Gasteiger partial charge in [-0.3, -0.25) is 14.5 Å². The Kier molecular flexibility index (Phi) is 6.01. The summed E-state index contributed by atoms with van der Waals surface area (Å²) >= 11 is 0. The second-order valence-corrected chi connectivity index (χ2v) is 10.7. The molecule has 0 N–H and O–H groups in total. The van der Waals surface area contributed by atoms with Crippen LogP contribution >= 0.6 is 0 Å². The molecule has 1 saturated carbocycles. The molecule has 0 radical (unpaired) electrons.